The van der Waals surface area contributed by atoms with Crippen molar-refractivity contribution in [3.63, 3.8) is 0 Å². The Bertz CT molecular complexity index is 739. The van der Waals surface area contributed by atoms with E-state index in [-0.39, 0.29) is 5.08 Å². The predicted molar refractivity (Wildman–Crippen MR) is 118 cm³/mol. The summed E-state index contributed by atoms with van der Waals surface area (Å²) in [7, 11) is 6.20. The molecule has 0 radical (unpaired) electrons. The highest BCUT2D eigenvalue weighted by Gasteiger charge is 2.15. The zero-order chi connectivity index (χ0) is 21.2. The van der Waals surface area contributed by atoms with Crippen LogP contribution in [0.4, 0.5) is 0 Å². The molecular weight excluding hydrogens is 412 g/mol. The molecule has 2 aromatic carbocycles. The molecule has 0 aliphatic carbocycles. The standard InChI is InChI=1S/C21H24O6S2/c1-24-18-7-5-8-19(25-2)16(18)11-13-28(22)15-29(23)14-12-17-20(26-3)9-6-10-21(17)27-4/h5-14H,15H2,1-4H3/b13-11+,14-12+. The van der Waals surface area contributed by atoms with Gasteiger partial charge in [-0.2, -0.15) is 0 Å². The first-order valence-corrected chi connectivity index (χ1v) is 11.3. The number of hydrogen-bond donors (Lipinski definition) is 0. The van der Waals surface area contributed by atoms with Gasteiger partial charge in [-0.05, 0) is 24.3 Å². The summed E-state index contributed by atoms with van der Waals surface area (Å²) in [5.41, 5.74) is 1.34. The van der Waals surface area contributed by atoms with Crippen LogP contribution >= 0.6 is 0 Å². The molecule has 0 fully saturated rings. The van der Waals surface area contributed by atoms with Crippen LogP contribution in [0.3, 0.4) is 0 Å². The minimum Gasteiger partial charge on any atom is -0.608 e. The summed E-state index contributed by atoms with van der Waals surface area (Å²) in [6, 6.07) is 10.7. The van der Waals surface area contributed by atoms with E-state index in [0.717, 1.165) is 0 Å². The van der Waals surface area contributed by atoms with Crippen molar-refractivity contribution in [3.8, 4) is 23.0 Å². The molecule has 0 saturated heterocycles. The zero-order valence-corrected chi connectivity index (χ0v) is 18.4. The van der Waals surface area contributed by atoms with Crippen LogP contribution in [0.15, 0.2) is 47.2 Å². The minimum absolute atomic E-state index is 0.0398. The lowest BCUT2D eigenvalue weighted by molar-refractivity contribution is 0.392. The number of benzene rings is 2. The van der Waals surface area contributed by atoms with Crippen molar-refractivity contribution in [2.24, 2.45) is 0 Å². The van der Waals surface area contributed by atoms with Crippen molar-refractivity contribution in [1.29, 1.82) is 0 Å². The number of methoxy groups -OCH3 is 4. The molecule has 0 spiro atoms. The second-order valence-corrected chi connectivity index (χ2v) is 8.65. The Hall–Kier alpha value is -2.26. The Labute approximate surface area is 177 Å². The summed E-state index contributed by atoms with van der Waals surface area (Å²) in [6.45, 7) is 0. The molecule has 8 heteroatoms. The summed E-state index contributed by atoms with van der Waals surface area (Å²) in [4.78, 5) is 0. The van der Waals surface area contributed by atoms with E-state index in [9.17, 15) is 9.11 Å². The van der Waals surface area contributed by atoms with E-state index in [4.69, 9.17) is 18.9 Å². The molecular formula is C21H24O6S2. The quantitative estimate of drug-likeness (QED) is 0.527. The summed E-state index contributed by atoms with van der Waals surface area (Å²) in [5, 5.41) is 2.92. The molecule has 0 aliphatic rings. The third-order valence-corrected chi connectivity index (χ3v) is 6.67. The van der Waals surface area contributed by atoms with Crippen LogP contribution in [-0.4, -0.2) is 42.6 Å². The van der Waals surface area contributed by atoms with Crippen molar-refractivity contribution in [3.05, 3.63) is 58.3 Å². The maximum atomic E-state index is 12.3. The molecule has 0 amide bonds. The van der Waals surface area contributed by atoms with E-state index in [1.54, 1.807) is 77.0 Å². The zero-order valence-electron chi connectivity index (χ0n) is 16.7. The molecule has 0 bridgehead atoms. The van der Waals surface area contributed by atoms with Crippen LogP contribution in [0.1, 0.15) is 11.1 Å². The first-order chi connectivity index (χ1) is 14.0. The highest BCUT2D eigenvalue weighted by Crippen LogP contribution is 2.31. The summed E-state index contributed by atoms with van der Waals surface area (Å²) in [6.07, 6.45) is 3.30. The highest BCUT2D eigenvalue weighted by molar-refractivity contribution is 8.10. The first kappa shape index (κ1) is 23.0. The van der Waals surface area contributed by atoms with Gasteiger partial charge in [0.15, 0.2) is 0 Å². The molecule has 6 nitrogen and oxygen atoms in total. The summed E-state index contributed by atoms with van der Waals surface area (Å²) < 4.78 is 45.9. The average molecular weight is 437 g/mol. The number of hydrogen-bond acceptors (Lipinski definition) is 6. The molecule has 0 N–H and O–H groups in total. The van der Waals surface area contributed by atoms with E-state index in [2.05, 4.69) is 0 Å². The van der Waals surface area contributed by atoms with Crippen LogP contribution in [0.25, 0.3) is 12.2 Å². The SMILES string of the molecule is COc1cccc(OC)c1/C=C/[S+]([O-])C[S+]([O-])/C=C/c1c(OC)cccc1OC. The molecule has 156 valence electrons. The fourth-order valence-corrected chi connectivity index (χ4v) is 4.69. The molecule has 0 heterocycles. The Kier molecular flexibility index (Phi) is 9.27. The molecule has 2 atom stereocenters. The molecule has 0 saturated carbocycles. The highest BCUT2D eigenvalue weighted by atomic mass is 32.3. The maximum Gasteiger partial charge on any atom is 0.262 e. The monoisotopic (exact) mass is 436 g/mol. The van der Waals surface area contributed by atoms with Gasteiger partial charge < -0.3 is 28.1 Å². The summed E-state index contributed by atoms with van der Waals surface area (Å²) in [5.74, 6) is 2.40. The maximum absolute atomic E-state index is 12.3. The largest absolute Gasteiger partial charge is 0.608 e. The Morgan fingerprint density at radius 2 is 0.966 bits per heavy atom. The van der Waals surface area contributed by atoms with E-state index >= 15 is 0 Å². The minimum atomic E-state index is -1.45. The van der Waals surface area contributed by atoms with Crippen LogP contribution < -0.4 is 18.9 Å². The smallest absolute Gasteiger partial charge is 0.262 e. The van der Waals surface area contributed by atoms with E-state index < -0.39 is 22.4 Å². The lowest BCUT2D eigenvalue weighted by Crippen LogP contribution is -2.12. The molecule has 0 aromatic heterocycles. The molecule has 2 rings (SSSR count). The van der Waals surface area contributed by atoms with Crippen molar-refractivity contribution >= 4 is 34.5 Å². The van der Waals surface area contributed by atoms with Crippen molar-refractivity contribution < 1.29 is 28.1 Å². The Balaban J connectivity index is 2.08. The average Bonchev–Trinajstić information content (AvgIpc) is 2.75. The van der Waals surface area contributed by atoms with Crippen LogP contribution in [-0.2, 0) is 22.4 Å². The fourth-order valence-electron chi connectivity index (χ4n) is 2.57. The Morgan fingerprint density at radius 1 is 0.655 bits per heavy atom. The van der Waals surface area contributed by atoms with Crippen molar-refractivity contribution in [2.45, 2.75) is 0 Å². The van der Waals surface area contributed by atoms with Gasteiger partial charge in [0.2, 0.25) is 0 Å². The van der Waals surface area contributed by atoms with Gasteiger partial charge in [-0.25, -0.2) is 0 Å². The second-order valence-electron chi connectivity index (χ2n) is 5.64. The van der Waals surface area contributed by atoms with Gasteiger partial charge in [0, 0.05) is 34.5 Å². The van der Waals surface area contributed by atoms with Gasteiger partial charge in [0.25, 0.3) is 5.08 Å². The Morgan fingerprint density at radius 3 is 1.24 bits per heavy atom. The van der Waals surface area contributed by atoms with Crippen molar-refractivity contribution in [1.82, 2.24) is 0 Å². The first-order valence-electron chi connectivity index (χ1n) is 8.56. The van der Waals surface area contributed by atoms with Gasteiger partial charge >= 0.3 is 0 Å². The van der Waals surface area contributed by atoms with E-state index in [1.165, 1.54) is 10.8 Å². The molecule has 0 aliphatic heterocycles. The third kappa shape index (κ3) is 6.37. The fraction of sp³-hybridized carbons (Fsp3) is 0.238. The lowest BCUT2D eigenvalue weighted by atomic mass is 10.2. The van der Waals surface area contributed by atoms with Gasteiger partial charge in [-0.3, -0.25) is 0 Å². The molecule has 2 unspecified atom stereocenters. The third-order valence-electron chi connectivity index (χ3n) is 3.94. The van der Waals surface area contributed by atoms with Gasteiger partial charge in [0.05, 0.1) is 39.6 Å². The predicted octanol–water partition coefficient (Wildman–Crippen LogP) is 3.82. The van der Waals surface area contributed by atoms with Crippen LogP contribution in [0.2, 0.25) is 0 Å². The number of ether oxygens (including phenoxy) is 4. The van der Waals surface area contributed by atoms with Crippen molar-refractivity contribution in [2.75, 3.05) is 33.5 Å². The number of rotatable bonds is 10. The topological polar surface area (TPSA) is 83.0 Å². The second kappa shape index (κ2) is 11.7. The van der Waals surface area contributed by atoms with Crippen LogP contribution in [0.5, 0.6) is 23.0 Å². The van der Waals surface area contributed by atoms with E-state index in [0.29, 0.717) is 34.1 Å². The van der Waals surface area contributed by atoms with Gasteiger partial charge in [0.1, 0.15) is 33.8 Å². The lowest BCUT2D eigenvalue weighted by Gasteiger charge is -2.11. The van der Waals surface area contributed by atoms with E-state index in [1.807, 2.05) is 0 Å². The molecule has 29 heavy (non-hydrogen) atoms. The van der Waals surface area contributed by atoms with Gasteiger partial charge in [-0.15, -0.1) is 0 Å². The van der Waals surface area contributed by atoms with Crippen LogP contribution in [0, 0.1) is 0 Å². The summed E-state index contributed by atoms with van der Waals surface area (Å²) >= 11 is -2.90. The normalized spacial score (nSPS) is 13.4. The van der Waals surface area contributed by atoms with Gasteiger partial charge in [-0.1, -0.05) is 12.1 Å². The molecule has 2 aromatic rings.